The molecule has 0 aliphatic heterocycles. The maximum atomic E-state index is 12.9. The SMILES string of the molecule is CC(C)c1ccc2c(N)c(C(=O)Nc3ccc(F)cc3)sc2n1. The molecule has 2 heterocycles. The maximum Gasteiger partial charge on any atom is 0.267 e. The van der Waals surface area contributed by atoms with Gasteiger partial charge in [-0.1, -0.05) is 13.8 Å². The van der Waals surface area contributed by atoms with Gasteiger partial charge in [0.2, 0.25) is 0 Å². The van der Waals surface area contributed by atoms with E-state index in [9.17, 15) is 9.18 Å². The van der Waals surface area contributed by atoms with Crippen molar-refractivity contribution >= 4 is 38.8 Å². The summed E-state index contributed by atoms with van der Waals surface area (Å²) in [6.07, 6.45) is 0. The molecule has 0 spiro atoms. The Balaban J connectivity index is 1.93. The van der Waals surface area contributed by atoms with Gasteiger partial charge in [0.25, 0.3) is 5.91 Å². The summed E-state index contributed by atoms with van der Waals surface area (Å²) in [6.45, 7) is 4.13. The quantitative estimate of drug-likeness (QED) is 0.748. The highest BCUT2D eigenvalue weighted by Gasteiger charge is 2.18. The Kier molecular flexibility index (Phi) is 4.00. The summed E-state index contributed by atoms with van der Waals surface area (Å²) in [5.41, 5.74) is 8.00. The fourth-order valence-corrected chi connectivity index (χ4v) is 3.22. The second-order valence-corrected chi connectivity index (χ2v) is 6.55. The minimum Gasteiger partial charge on any atom is -0.397 e. The van der Waals surface area contributed by atoms with E-state index in [1.54, 1.807) is 0 Å². The van der Waals surface area contributed by atoms with Crippen LogP contribution in [-0.4, -0.2) is 10.9 Å². The van der Waals surface area contributed by atoms with Gasteiger partial charge in [-0.15, -0.1) is 11.3 Å². The molecule has 3 aromatic rings. The highest BCUT2D eigenvalue weighted by Crippen LogP contribution is 2.34. The Bertz CT molecular complexity index is 871. The Morgan fingerprint density at radius 3 is 2.57 bits per heavy atom. The zero-order valence-electron chi connectivity index (χ0n) is 12.8. The van der Waals surface area contributed by atoms with Gasteiger partial charge in [0, 0.05) is 16.8 Å². The van der Waals surface area contributed by atoms with Crippen LogP contribution in [0, 0.1) is 5.82 Å². The predicted octanol–water partition coefficient (Wildman–Crippen LogP) is 4.39. The molecule has 6 heteroatoms. The summed E-state index contributed by atoms with van der Waals surface area (Å²) >= 11 is 1.26. The van der Waals surface area contributed by atoms with Gasteiger partial charge in [-0.2, -0.15) is 0 Å². The number of anilines is 2. The molecule has 0 aliphatic rings. The van der Waals surface area contributed by atoms with E-state index in [-0.39, 0.29) is 11.7 Å². The zero-order chi connectivity index (χ0) is 16.6. The molecule has 23 heavy (non-hydrogen) atoms. The van der Waals surface area contributed by atoms with E-state index < -0.39 is 0 Å². The van der Waals surface area contributed by atoms with Crippen molar-refractivity contribution in [2.24, 2.45) is 0 Å². The second kappa shape index (κ2) is 5.96. The number of rotatable bonds is 3. The lowest BCUT2D eigenvalue weighted by Crippen LogP contribution is -2.11. The number of amides is 1. The molecule has 2 aromatic heterocycles. The van der Waals surface area contributed by atoms with Crippen molar-refractivity contribution < 1.29 is 9.18 Å². The molecule has 0 aliphatic carbocycles. The lowest BCUT2D eigenvalue weighted by molar-refractivity contribution is 0.103. The number of fused-ring (bicyclic) bond motifs is 1. The molecule has 4 nitrogen and oxygen atoms in total. The van der Waals surface area contributed by atoms with Crippen molar-refractivity contribution in [3.8, 4) is 0 Å². The normalized spacial score (nSPS) is 11.1. The topological polar surface area (TPSA) is 68.0 Å². The third kappa shape index (κ3) is 3.03. The van der Waals surface area contributed by atoms with Gasteiger partial charge in [0.15, 0.2) is 0 Å². The number of halogens is 1. The molecule has 3 rings (SSSR count). The number of hydrogen-bond donors (Lipinski definition) is 2. The number of pyridine rings is 1. The van der Waals surface area contributed by atoms with Crippen molar-refractivity contribution in [1.29, 1.82) is 0 Å². The molecule has 118 valence electrons. The average Bonchev–Trinajstić information content (AvgIpc) is 2.86. The van der Waals surface area contributed by atoms with Gasteiger partial charge in [0.1, 0.15) is 15.5 Å². The smallest absolute Gasteiger partial charge is 0.267 e. The van der Waals surface area contributed by atoms with Crippen LogP contribution < -0.4 is 11.1 Å². The number of nitrogen functional groups attached to an aromatic ring is 1. The molecule has 0 radical (unpaired) electrons. The fraction of sp³-hybridized carbons (Fsp3) is 0.176. The van der Waals surface area contributed by atoms with Crippen LogP contribution in [0.1, 0.15) is 35.1 Å². The van der Waals surface area contributed by atoms with E-state index in [0.29, 0.717) is 22.2 Å². The monoisotopic (exact) mass is 329 g/mol. The number of aromatic nitrogens is 1. The average molecular weight is 329 g/mol. The lowest BCUT2D eigenvalue weighted by atomic mass is 10.1. The number of nitrogens with two attached hydrogens (primary N) is 1. The molecule has 0 saturated carbocycles. The largest absolute Gasteiger partial charge is 0.397 e. The number of nitrogens with one attached hydrogen (secondary N) is 1. The van der Waals surface area contributed by atoms with E-state index >= 15 is 0 Å². The van der Waals surface area contributed by atoms with Crippen molar-refractivity contribution in [1.82, 2.24) is 4.98 Å². The summed E-state index contributed by atoms with van der Waals surface area (Å²) in [5, 5.41) is 3.50. The molecule has 0 saturated heterocycles. The Morgan fingerprint density at radius 1 is 1.22 bits per heavy atom. The number of nitrogens with zero attached hydrogens (tertiary/aromatic N) is 1. The van der Waals surface area contributed by atoms with Crippen LogP contribution in [-0.2, 0) is 0 Å². The van der Waals surface area contributed by atoms with Gasteiger partial charge in [0.05, 0.1) is 5.69 Å². The molecule has 3 N–H and O–H groups in total. The first-order chi connectivity index (χ1) is 11.0. The van der Waals surface area contributed by atoms with Crippen LogP contribution in [0.5, 0.6) is 0 Å². The highest BCUT2D eigenvalue weighted by molar-refractivity contribution is 7.21. The number of hydrogen-bond acceptors (Lipinski definition) is 4. The third-order valence-corrected chi connectivity index (χ3v) is 4.63. The van der Waals surface area contributed by atoms with Gasteiger partial charge < -0.3 is 11.1 Å². The molecular weight excluding hydrogens is 313 g/mol. The number of thiophene rings is 1. The van der Waals surface area contributed by atoms with Crippen molar-refractivity contribution in [3.63, 3.8) is 0 Å². The van der Waals surface area contributed by atoms with Crippen molar-refractivity contribution in [3.05, 3.63) is 52.8 Å². The highest BCUT2D eigenvalue weighted by atomic mass is 32.1. The van der Waals surface area contributed by atoms with Crippen LogP contribution in [0.15, 0.2) is 36.4 Å². The first kappa shape index (κ1) is 15.4. The molecule has 1 amide bonds. The van der Waals surface area contributed by atoms with Crippen LogP contribution in [0.4, 0.5) is 15.8 Å². The van der Waals surface area contributed by atoms with Gasteiger partial charge in [-0.3, -0.25) is 4.79 Å². The van der Waals surface area contributed by atoms with Crippen LogP contribution in [0.2, 0.25) is 0 Å². The Morgan fingerprint density at radius 2 is 1.91 bits per heavy atom. The summed E-state index contributed by atoms with van der Waals surface area (Å²) in [7, 11) is 0. The Hall–Kier alpha value is -2.47. The molecule has 0 unspecified atom stereocenters. The minimum absolute atomic E-state index is 0.305. The van der Waals surface area contributed by atoms with E-state index in [1.165, 1.54) is 35.6 Å². The molecule has 0 bridgehead atoms. The lowest BCUT2D eigenvalue weighted by Gasteiger charge is -2.04. The maximum absolute atomic E-state index is 12.9. The molecule has 1 aromatic carbocycles. The van der Waals surface area contributed by atoms with Crippen LogP contribution in [0.3, 0.4) is 0 Å². The van der Waals surface area contributed by atoms with Gasteiger partial charge in [-0.25, -0.2) is 9.37 Å². The summed E-state index contributed by atoms with van der Waals surface area (Å²) in [5.74, 6) is -0.364. The van der Waals surface area contributed by atoms with Crippen LogP contribution in [0.25, 0.3) is 10.2 Å². The number of carbonyl (C=O) groups is 1. The van der Waals surface area contributed by atoms with Crippen molar-refractivity contribution in [2.75, 3.05) is 11.1 Å². The van der Waals surface area contributed by atoms with Crippen molar-refractivity contribution in [2.45, 2.75) is 19.8 Å². The summed E-state index contributed by atoms with van der Waals surface area (Å²) < 4.78 is 12.9. The second-order valence-electron chi connectivity index (χ2n) is 5.55. The molecule has 0 fully saturated rings. The van der Waals surface area contributed by atoms with Gasteiger partial charge >= 0.3 is 0 Å². The summed E-state index contributed by atoms with van der Waals surface area (Å²) in [4.78, 5) is 18.1. The fourth-order valence-electron chi connectivity index (χ4n) is 2.22. The molecular formula is C17H16FN3OS. The first-order valence-electron chi connectivity index (χ1n) is 7.21. The molecule has 0 atom stereocenters. The van der Waals surface area contributed by atoms with E-state index in [0.717, 1.165) is 15.9 Å². The van der Waals surface area contributed by atoms with E-state index in [4.69, 9.17) is 5.73 Å². The zero-order valence-corrected chi connectivity index (χ0v) is 13.6. The Labute approximate surface area is 137 Å². The van der Waals surface area contributed by atoms with Crippen LogP contribution >= 0.6 is 11.3 Å². The number of carbonyl (C=O) groups excluding carboxylic acids is 1. The summed E-state index contributed by atoms with van der Waals surface area (Å²) in [6, 6.07) is 9.42. The third-order valence-electron chi connectivity index (χ3n) is 3.52. The standard InChI is InChI=1S/C17H16FN3OS/c1-9(2)13-8-7-12-14(19)15(23-17(12)21-13)16(22)20-11-5-3-10(18)4-6-11/h3-9H,19H2,1-2H3,(H,20,22). The minimum atomic E-state index is -0.352. The van der Waals surface area contributed by atoms with Gasteiger partial charge in [-0.05, 0) is 42.3 Å². The van der Waals surface area contributed by atoms with E-state index in [1.807, 2.05) is 12.1 Å². The number of benzene rings is 1. The predicted molar refractivity (Wildman–Crippen MR) is 92.5 cm³/mol. The van der Waals surface area contributed by atoms with E-state index in [2.05, 4.69) is 24.1 Å². The first-order valence-corrected chi connectivity index (χ1v) is 8.03.